The summed E-state index contributed by atoms with van der Waals surface area (Å²) in [5, 5.41) is 0. The molecule has 0 aliphatic carbocycles. The standard InChI is InChI=1S/C10H12N2O7S/c1-20(15,16)17-4-5-7-8(19-7)9(18-5)12-3-2-6(13)11-10(12)14/h2-3,5,7-9H,4H2,1H3,(H,11,13,14)/t5-,7+,8+,9-/m1/s1. The quantitative estimate of drug-likeness (QED) is 0.513. The van der Waals surface area contributed by atoms with E-state index in [-0.39, 0.29) is 18.8 Å². The largest absolute Gasteiger partial charge is 0.362 e. The molecule has 10 heteroatoms. The second kappa shape index (κ2) is 4.52. The van der Waals surface area contributed by atoms with Crippen LogP contribution in [0, 0.1) is 0 Å². The highest BCUT2D eigenvalue weighted by molar-refractivity contribution is 7.85. The van der Waals surface area contributed by atoms with Crippen LogP contribution in [0.25, 0.3) is 0 Å². The van der Waals surface area contributed by atoms with Crippen LogP contribution in [0.15, 0.2) is 21.9 Å². The summed E-state index contributed by atoms with van der Waals surface area (Å²) in [7, 11) is -3.56. The van der Waals surface area contributed by atoms with Gasteiger partial charge in [-0.3, -0.25) is 18.5 Å². The zero-order valence-corrected chi connectivity index (χ0v) is 11.2. The van der Waals surface area contributed by atoms with Crippen LogP contribution in [-0.4, -0.2) is 49.1 Å². The Morgan fingerprint density at radius 1 is 1.35 bits per heavy atom. The molecule has 3 rings (SSSR count). The van der Waals surface area contributed by atoms with Crippen molar-refractivity contribution < 1.29 is 22.1 Å². The van der Waals surface area contributed by atoms with Gasteiger partial charge in [-0.05, 0) is 0 Å². The van der Waals surface area contributed by atoms with Crippen molar-refractivity contribution in [2.45, 2.75) is 24.5 Å². The van der Waals surface area contributed by atoms with Gasteiger partial charge in [0, 0.05) is 12.3 Å². The number of rotatable bonds is 4. The predicted octanol–water partition coefficient (Wildman–Crippen LogP) is -1.82. The van der Waals surface area contributed by atoms with Gasteiger partial charge in [0.2, 0.25) is 0 Å². The van der Waals surface area contributed by atoms with E-state index in [4.69, 9.17) is 9.47 Å². The number of epoxide rings is 1. The molecule has 2 saturated heterocycles. The van der Waals surface area contributed by atoms with Crippen molar-refractivity contribution in [1.82, 2.24) is 9.55 Å². The van der Waals surface area contributed by atoms with Crippen LogP contribution in [0.5, 0.6) is 0 Å². The van der Waals surface area contributed by atoms with Crippen LogP contribution in [-0.2, 0) is 23.8 Å². The van der Waals surface area contributed by atoms with Gasteiger partial charge >= 0.3 is 5.69 Å². The Bertz CT molecular complexity index is 736. The first-order chi connectivity index (χ1) is 9.35. The smallest absolute Gasteiger partial charge is 0.330 e. The van der Waals surface area contributed by atoms with Gasteiger partial charge in [0.25, 0.3) is 15.7 Å². The number of hydrogen-bond acceptors (Lipinski definition) is 7. The molecule has 9 nitrogen and oxygen atoms in total. The summed E-state index contributed by atoms with van der Waals surface area (Å²) < 4.78 is 38.6. The molecular formula is C10H12N2O7S. The van der Waals surface area contributed by atoms with E-state index in [0.717, 1.165) is 6.26 Å². The maximum Gasteiger partial charge on any atom is 0.330 e. The fourth-order valence-electron chi connectivity index (χ4n) is 2.18. The third-order valence-electron chi connectivity index (χ3n) is 3.09. The fraction of sp³-hybridized carbons (Fsp3) is 0.600. The van der Waals surface area contributed by atoms with E-state index < -0.39 is 33.7 Å². The van der Waals surface area contributed by atoms with Gasteiger partial charge < -0.3 is 9.47 Å². The van der Waals surface area contributed by atoms with Crippen LogP contribution < -0.4 is 11.2 Å². The molecule has 2 fully saturated rings. The molecule has 0 aromatic carbocycles. The van der Waals surface area contributed by atoms with E-state index in [9.17, 15) is 18.0 Å². The van der Waals surface area contributed by atoms with Crippen molar-refractivity contribution in [1.29, 1.82) is 0 Å². The lowest BCUT2D eigenvalue weighted by atomic mass is 10.2. The Hall–Kier alpha value is -1.49. The molecule has 1 aromatic rings. The topological polar surface area (TPSA) is 120 Å². The monoisotopic (exact) mass is 304 g/mol. The Morgan fingerprint density at radius 3 is 2.75 bits per heavy atom. The molecule has 0 radical (unpaired) electrons. The second-order valence-corrected chi connectivity index (χ2v) is 6.28. The summed E-state index contributed by atoms with van der Waals surface area (Å²) in [5.41, 5.74) is -1.11. The zero-order valence-electron chi connectivity index (χ0n) is 10.4. The zero-order chi connectivity index (χ0) is 14.5. The first kappa shape index (κ1) is 13.5. The van der Waals surface area contributed by atoms with E-state index in [1.54, 1.807) is 0 Å². The van der Waals surface area contributed by atoms with Crippen molar-refractivity contribution in [3.05, 3.63) is 33.1 Å². The molecule has 0 spiro atoms. The van der Waals surface area contributed by atoms with Crippen LogP contribution in [0.4, 0.5) is 0 Å². The molecule has 0 unspecified atom stereocenters. The highest BCUT2D eigenvalue weighted by Crippen LogP contribution is 2.44. The third kappa shape index (κ3) is 2.54. The molecule has 0 saturated carbocycles. The number of fused-ring (bicyclic) bond motifs is 1. The number of aromatic amines is 1. The Morgan fingerprint density at radius 2 is 2.10 bits per heavy atom. The van der Waals surface area contributed by atoms with Gasteiger partial charge in [0.15, 0.2) is 6.23 Å². The highest BCUT2D eigenvalue weighted by atomic mass is 32.2. The maximum atomic E-state index is 11.7. The summed E-state index contributed by atoms with van der Waals surface area (Å²) in [6.07, 6.45) is 0.338. The number of nitrogens with zero attached hydrogens (tertiary/aromatic N) is 1. The number of ether oxygens (including phenoxy) is 2. The minimum absolute atomic E-state index is 0.172. The number of hydrogen-bond donors (Lipinski definition) is 1. The van der Waals surface area contributed by atoms with Crippen LogP contribution in [0.3, 0.4) is 0 Å². The Balaban J connectivity index is 1.75. The van der Waals surface area contributed by atoms with Crippen molar-refractivity contribution >= 4 is 10.1 Å². The number of nitrogens with one attached hydrogen (secondary N) is 1. The lowest BCUT2D eigenvalue weighted by Gasteiger charge is -2.18. The van der Waals surface area contributed by atoms with Gasteiger partial charge in [-0.1, -0.05) is 0 Å². The van der Waals surface area contributed by atoms with Gasteiger partial charge in [0.05, 0.1) is 12.9 Å². The average molecular weight is 304 g/mol. The maximum absolute atomic E-state index is 11.7. The molecule has 2 aliphatic rings. The van der Waals surface area contributed by atoms with Crippen molar-refractivity contribution in [3.8, 4) is 0 Å². The van der Waals surface area contributed by atoms with E-state index in [1.807, 2.05) is 0 Å². The normalized spacial score (nSPS) is 32.0. The summed E-state index contributed by atoms with van der Waals surface area (Å²) in [4.78, 5) is 24.8. The van der Waals surface area contributed by atoms with Gasteiger partial charge in [-0.25, -0.2) is 4.79 Å². The molecule has 2 aliphatic heterocycles. The van der Waals surface area contributed by atoms with Gasteiger partial charge in [-0.2, -0.15) is 8.42 Å². The fourth-order valence-corrected chi connectivity index (χ4v) is 2.56. The lowest BCUT2D eigenvalue weighted by Crippen LogP contribution is -2.34. The lowest BCUT2D eigenvalue weighted by molar-refractivity contribution is -0.0814. The van der Waals surface area contributed by atoms with Crippen LogP contribution in [0.2, 0.25) is 0 Å². The SMILES string of the molecule is CS(=O)(=O)OC[C@H]1O[C@@H](n2ccc(=O)[nH]c2=O)[C@H]2O[C@H]21. The second-order valence-electron chi connectivity index (χ2n) is 4.64. The van der Waals surface area contributed by atoms with Gasteiger partial charge in [-0.15, -0.1) is 0 Å². The van der Waals surface area contributed by atoms with Crippen molar-refractivity contribution in [2.75, 3.05) is 12.9 Å². The van der Waals surface area contributed by atoms with E-state index in [0.29, 0.717) is 0 Å². The summed E-state index contributed by atoms with van der Waals surface area (Å²) in [5.74, 6) is 0. The van der Waals surface area contributed by atoms with E-state index >= 15 is 0 Å². The van der Waals surface area contributed by atoms with Crippen LogP contribution >= 0.6 is 0 Å². The first-order valence-corrected chi connectivity index (χ1v) is 7.63. The number of aromatic nitrogens is 2. The highest BCUT2D eigenvalue weighted by Gasteiger charge is 2.59. The molecule has 0 bridgehead atoms. The van der Waals surface area contributed by atoms with Crippen molar-refractivity contribution in [2.24, 2.45) is 0 Å². The first-order valence-electron chi connectivity index (χ1n) is 5.82. The molecule has 20 heavy (non-hydrogen) atoms. The Labute approximate surface area is 113 Å². The average Bonchev–Trinajstić information content (AvgIpc) is 3.03. The molecule has 110 valence electrons. The molecule has 1 N–H and O–H groups in total. The predicted molar refractivity (Wildman–Crippen MR) is 64.7 cm³/mol. The van der Waals surface area contributed by atoms with Gasteiger partial charge in [0.1, 0.15) is 18.3 Å². The molecular weight excluding hydrogens is 292 g/mol. The molecule has 0 amide bonds. The summed E-state index contributed by atoms with van der Waals surface area (Å²) in [6, 6.07) is 1.20. The minimum atomic E-state index is -3.56. The molecule has 1 aromatic heterocycles. The Kier molecular flexibility index (Phi) is 3.05. The van der Waals surface area contributed by atoms with Crippen LogP contribution in [0.1, 0.15) is 6.23 Å². The molecule has 4 atom stereocenters. The van der Waals surface area contributed by atoms with Crippen molar-refractivity contribution in [3.63, 3.8) is 0 Å². The number of H-pyrrole nitrogens is 1. The third-order valence-corrected chi connectivity index (χ3v) is 3.66. The minimum Gasteiger partial charge on any atom is -0.362 e. The summed E-state index contributed by atoms with van der Waals surface area (Å²) in [6.45, 7) is -0.172. The van der Waals surface area contributed by atoms with E-state index in [1.165, 1.54) is 16.8 Å². The summed E-state index contributed by atoms with van der Waals surface area (Å²) >= 11 is 0. The molecule has 3 heterocycles. The van der Waals surface area contributed by atoms with E-state index in [2.05, 4.69) is 9.17 Å².